The molecule has 0 amide bonds. The van der Waals surface area contributed by atoms with Gasteiger partial charge in [-0.1, -0.05) is 13.3 Å². The molecule has 100 valence electrons. The highest BCUT2D eigenvalue weighted by Gasteiger charge is 2.34. The van der Waals surface area contributed by atoms with Gasteiger partial charge in [-0.3, -0.25) is 4.90 Å². The first-order chi connectivity index (χ1) is 8.35. The molecule has 0 saturated heterocycles. The smallest absolute Gasteiger partial charge is 0.0630 e. The van der Waals surface area contributed by atoms with E-state index in [-0.39, 0.29) is 0 Å². The number of hydrogen-bond donors (Lipinski definition) is 1. The maximum atomic E-state index is 5.41. The predicted molar refractivity (Wildman–Crippen MR) is 71.3 cm³/mol. The van der Waals surface area contributed by atoms with Crippen molar-refractivity contribution in [1.82, 2.24) is 10.2 Å². The molecule has 1 N–H and O–H groups in total. The first-order valence-electron chi connectivity index (χ1n) is 7.33. The highest BCUT2D eigenvalue weighted by molar-refractivity contribution is 4.91. The molecule has 0 radical (unpaired) electrons. The van der Waals surface area contributed by atoms with Gasteiger partial charge in [0.05, 0.1) is 6.61 Å². The van der Waals surface area contributed by atoms with Crippen molar-refractivity contribution in [3.05, 3.63) is 0 Å². The van der Waals surface area contributed by atoms with Crippen molar-refractivity contribution in [3.63, 3.8) is 0 Å². The molecule has 3 nitrogen and oxygen atoms in total. The number of nitrogens with zero attached hydrogens (tertiary/aromatic N) is 1. The molecular formula is C14H28N2O. The van der Waals surface area contributed by atoms with E-state index in [1.807, 2.05) is 7.11 Å². The Morgan fingerprint density at radius 1 is 1.29 bits per heavy atom. The van der Waals surface area contributed by atoms with Crippen molar-refractivity contribution in [2.24, 2.45) is 0 Å². The van der Waals surface area contributed by atoms with Crippen LogP contribution in [0, 0.1) is 0 Å². The van der Waals surface area contributed by atoms with E-state index in [4.69, 9.17) is 4.74 Å². The van der Waals surface area contributed by atoms with E-state index in [2.05, 4.69) is 17.1 Å². The first-order valence-corrected chi connectivity index (χ1v) is 7.33. The van der Waals surface area contributed by atoms with Gasteiger partial charge in [0.15, 0.2) is 0 Å². The summed E-state index contributed by atoms with van der Waals surface area (Å²) in [5.74, 6) is 0. The molecule has 2 aliphatic carbocycles. The van der Waals surface area contributed by atoms with Gasteiger partial charge in [0, 0.05) is 31.8 Å². The van der Waals surface area contributed by atoms with Crippen LogP contribution in [0.4, 0.5) is 0 Å². The summed E-state index contributed by atoms with van der Waals surface area (Å²) in [6, 6.07) is 2.24. The van der Waals surface area contributed by atoms with Gasteiger partial charge in [0.1, 0.15) is 0 Å². The van der Waals surface area contributed by atoms with Crippen molar-refractivity contribution >= 4 is 0 Å². The molecular weight excluding hydrogens is 212 g/mol. The Balaban J connectivity index is 1.79. The molecule has 1 atom stereocenters. The van der Waals surface area contributed by atoms with E-state index in [1.165, 1.54) is 45.1 Å². The summed E-state index contributed by atoms with van der Waals surface area (Å²) in [4.78, 5) is 2.70. The summed E-state index contributed by atoms with van der Waals surface area (Å²) in [6.45, 7) is 5.51. The molecule has 2 fully saturated rings. The largest absolute Gasteiger partial charge is 0.383 e. The molecule has 0 spiro atoms. The van der Waals surface area contributed by atoms with Crippen LogP contribution < -0.4 is 5.32 Å². The molecule has 0 aromatic heterocycles. The molecule has 0 aromatic carbocycles. The van der Waals surface area contributed by atoms with Gasteiger partial charge in [0.25, 0.3) is 0 Å². The van der Waals surface area contributed by atoms with E-state index in [0.29, 0.717) is 6.04 Å². The maximum Gasteiger partial charge on any atom is 0.0630 e. The predicted octanol–water partition coefficient (Wildman–Crippen LogP) is 2.02. The van der Waals surface area contributed by atoms with E-state index >= 15 is 0 Å². The third-order valence-corrected chi connectivity index (χ3v) is 3.83. The van der Waals surface area contributed by atoms with Crippen LogP contribution in [-0.4, -0.2) is 49.8 Å². The topological polar surface area (TPSA) is 24.5 Å². The normalized spacial score (nSPS) is 22.1. The second-order valence-electron chi connectivity index (χ2n) is 5.61. The Bertz CT molecular complexity index is 214. The average molecular weight is 240 g/mol. The third-order valence-electron chi connectivity index (χ3n) is 3.83. The lowest BCUT2D eigenvalue weighted by Gasteiger charge is -2.31. The summed E-state index contributed by atoms with van der Waals surface area (Å²) in [7, 11) is 1.83. The molecule has 1 unspecified atom stereocenters. The lowest BCUT2D eigenvalue weighted by Crippen LogP contribution is -2.47. The van der Waals surface area contributed by atoms with Crippen LogP contribution in [0.2, 0.25) is 0 Å². The summed E-state index contributed by atoms with van der Waals surface area (Å²) in [6.07, 6.45) is 8.15. The minimum atomic E-state index is 0.583. The third kappa shape index (κ3) is 4.57. The zero-order valence-corrected chi connectivity index (χ0v) is 11.5. The van der Waals surface area contributed by atoms with E-state index in [9.17, 15) is 0 Å². The van der Waals surface area contributed by atoms with Crippen LogP contribution in [0.1, 0.15) is 45.4 Å². The van der Waals surface area contributed by atoms with Crippen LogP contribution in [0.5, 0.6) is 0 Å². The molecule has 0 heterocycles. The highest BCUT2D eigenvalue weighted by atomic mass is 16.5. The standard InChI is InChI=1S/C14H28N2O/c1-3-4-9-16(13-7-8-13)14(11-17-2)10-15-12-5-6-12/h12-15H,3-11H2,1-2H3. The molecule has 2 saturated carbocycles. The first kappa shape index (κ1) is 13.3. The van der Waals surface area contributed by atoms with Gasteiger partial charge < -0.3 is 10.1 Å². The Labute approximate surface area is 106 Å². The van der Waals surface area contributed by atoms with Crippen molar-refractivity contribution < 1.29 is 4.74 Å². The Hall–Kier alpha value is -0.120. The number of rotatable bonds is 10. The van der Waals surface area contributed by atoms with E-state index in [1.54, 1.807) is 0 Å². The van der Waals surface area contributed by atoms with Gasteiger partial charge in [-0.15, -0.1) is 0 Å². The molecule has 0 aliphatic heterocycles. The number of hydrogen-bond acceptors (Lipinski definition) is 3. The van der Waals surface area contributed by atoms with Crippen LogP contribution in [0.3, 0.4) is 0 Å². The lowest BCUT2D eigenvalue weighted by molar-refractivity contribution is 0.0825. The highest BCUT2D eigenvalue weighted by Crippen LogP contribution is 2.29. The van der Waals surface area contributed by atoms with Gasteiger partial charge in [-0.25, -0.2) is 0 Å². The minimum absolute atomic E-state index is 0.583. The Morgan fingerprint density at radius 2 is 2.06 bits per heavy atom. The SMILES string of the molecule is CCCCN(C1CC1)C(CNC1CC1)COC. The molecule has 17 heavy (non-hydrogen) atoms. The molecule has 0 aromatic rings. The fraction of sp³-hybridized carbons (Fsp3) is 1.00. The van der Waals surface area contributed by atoms with Gasteiger partial charge in [0.2, 0.25) is 0 Å². The molecule has 2 aliphatic rings. The summed E-state index contributed by atoms with van der Waals surface area (Å²) in [5.41, 5.74) is 0. The fourth-order valence-electron chi connectivity index (χ4n) is 2.46. The van der Waals surface area contributed by atoms with Crippen molar-refractivity contribution in [1.29, 1.82) is 0 Å². The Kier molecular flexibility index (Phi) is 5.26. The van der Waals surface area contributed by atoms with Crippen LogP contribution >= 0.6 is 0 Å². The summed E-state index contributed by atoms with van der Waals surface area (Å²) < 4.78 is 5.41. The zero-order chi connectivity index (χ0) is 12.1. The quantitative estimate of drug-likeness (QED) is 0.632. The lowest BCUT2D eigenvalue weighted by atomic mass is 10.2. The average Bonchev–Trinajstić information content (AvgIpc) is 3.17. The number of unbranched alkanes of at least 4 members (excludes halogenated alkanes) is 1. The van der Waals surface area contributed by atoms with Crippen LogP contribution in [-0.2, 0) is 4.74 Å². The number of ether oxygens (including phenoxy) is 1. The van der Waals surface area contributed by atoms with E-state index < -0.39 is 0 Å². The maximum absolute atomic E-state index is 5.41. The number of methoxy groups -OCH3 is 1. The van der Waals surface area contributed by atoms with E-state index in [0.717, 1.165) is 25.2 Å². The van der Waals surface area contributed by atoms with Gasteiger partial charge in [-0.2, -0.15) is 0 Å². The molecule has 2 rings (SSSR count). The Morgan fingerprint density at radius 3 is 2.59 bits per heavy atom. The van der Waals surface area contributed by atoms with Crippen molar-refractivity contribution in [2.45, 2.75) is 63.6 Å². The second-order valence-corrected chi connectivity index (χ2v) is 5.61. The van der Waals surface area contributed by atoms with Crippen LogP contribution in [0.15, 0.2) is 0 Å². The molecule has 0 bridgehead atoms. The second kappa shape index (κ2) is 6.72. The zero-order valence-electron chi connectivity index (χ0n) is 11.5. The van der Waals surface area contributed by atoms with Crippen LogP contribution in [0.25, 0.3) is 0 Å². The van der Waals surface area contributed by atoms with Crippen molar-refractivity contribution in [3.8, 4) is 0 Å². The molecule has 3 heteroatoms. The number of nitrogens with one attached hydrogen (secondary N) is 1. The van der Waals surface area contributed by atoms with Gasteiger partial charge in [-0.05, 0) is 38.6 Å². The minimum Gasteiger partial charge on any atom is -0.383 e. The summed E-state index contributed by atoms with van der Waals surface area (Å²) >= 11 is 0. The summed E-state index contributed by atoms with van der Waals surface area (Å²) in [5, 5.41) is 3.66. The fourth-order valence-corrected chi connectivity index (χ4v) is 2.46. The monoisotopic (exact) mass is 240 g/mol. The van der Waals surface area contributed by atoms with Crippen molar-refractivity contribution in [2.75, 3.05) is 26.8 Å². The van der Waals surface area contributed by atoms with Gasteiger partial charge >= 0.3 is 0 Å².